The number of nitrogens with zero attached hydrogens (tertiary/aromatic N) is 1. The Morgan fingerprint density at radius 2 is 1.89 bits per heavy atom. The minimum atomic E-state index is -3.02. The van der Waals surface area contributed by atoms with Gasteiger partial charge in [0.25, 0.3) is 0 Å². The molecule has 1 heterocycles. The van der Waals surface area contributed by atoms with Crippen molar-refractivity contribution >= 4 is 26.3 Å². The van der Waals surface area contributed by atoms with Crippen molar-refractivity contribution in [2.45, 2.75) is 71.6 Å². The molecule has 4 heteroatoms. The highest BCUT2D eigenvalue weighted by atomic mass is 32.2. The summed E-state index contributed by atoms with van der Waals surface area (Å²) in [5.41, 5.74) is 5.18. The third-order valence-electron chi connectivity index (χ3n) is 5.56. The summed E-state index contributed by atoms with van der Waals surface area (Å²) in [7, 11) is -3.02. The van der Waals surface area contributed by atoms with Gasteiger partial charge >= 0.3 is 0 Å². The summed E-state index contributed by atoms with van der Waals surface area (Å²) in [6.45, 7) is 8.93. The SMILES string of the molecule is CC(C)Cn1cc(CCS(=O)(=O)C(C)C)c2ccc(C3=CCCCC3)cc21. The third kappa shape index (κ3) is 4.66. The predicted molar refractivity (Wildman–Crippen MR) is 116 cm³/mol. The number of hydrogen-bond acceptors (Lipinski definition) is 2. The number of sulfone groups is 1. The lowest BCUT2D eigenvalue weighted by Crippen LogP contribution is -2.19. The molecule has 3 rings (SSSR count). The summed E-state index contributed by atoms with van der Waals surface area (Å²) < 4.78 is 26.9. The highest BCUT2D eigenvalue weighted by Crippen LogP contribution is 2.31. The number of benzene rings is 1. The van der Waals surface area contributed by atoms with Crippen LogP contribution in [0.15, 0.2) is 30.5 Å². The van der Waals surface area contributed by atoms with Crippen molar-refractivity contribution in [3.8, 4) is 0 Å². The largest absolute Gasteiger partial charge is 0.347 e. The summed E-state index contributed by atoms with van der Waals surface area (Å²) in [6.07, 6.45) is 10.1. The van der Waals surface area contributed by atoms with Gasteiger partial charge in [0.05, 0.1) is 11.0 Å². The maximum absolute atomic E-state index is 12.3. The lowest BCUT2D eigenvalue weighted by molar-refractivity contribution is 0.534. The van der Waals surface area contributed by atoms with Crippen molar-refractivity contribution in [3.63, 3.8) is 0 Å². The molecule has 0 fully saturated rings. The molecule has 0 saturated heterocycles. The van der Waals surface area contributed by atoms with Crippen LogP contribution in [0.1, 0.15) is 64.5 Å². The van der Waals surface area contributed by atoms with Gasteiger partial charge in [-0.25, -0.2) is 8.42 Å². The van der Waals surface area contributed by atoms with Crippen LogP contribution in [0, 0.1) is 5.92 Å². The molecule has 1 aromatic heterocycles. The molecule has 1 aromatic carbocycles. The Balaban J connectivity index is 1.98. The molecule has 0 atom stereocenters. The van der Waals surface area contributed by atoms with Gasteiger partial charge in [-0.15, -0.1) is 0 Å². The highest BCUT2D eigenvalue weighted by Gasteiger charge is 2.18. The number of aromatic nitrogens is 1. The molecule has 27 heavy (non-hydrogen) atoms. The third-order valence-corrected chi connectivity index (χ3v) is 7.77. The van der Waals surface area contributed by atoms with E-state index >= 15 is 0 Å². The Kier molecular flexibility index (Phi) is 6.15. The molecule has 0 unspecified atom stereocenters. The zero-order valence-electron chi connectivity index (χ0n) is 17.2. The van der Waals surface area contributed by atoms with Crippen LogP contribution in [0.4, 0.5) is 0 Å². The van der Waals surface area contributed by atoms with Crippen LogP contribution >= 0.6 is 0 Å². The summed E-state index contributed by atoms with van der Waals surface area (Å²) in [5.74, 6) is 0.767. The first-order valence-corrected chi connectivity index (χ1v) is 12.0. The summed E-state index contributed by atoms with van der Waals surface area (Å²) in [4.78, 5) is 0. The van der Waals surface area contributed by atoms with Crippen molar-refractivity contribution < 1.29 is 8.42 Å². The van der Waals surface area contributed by atoms with Gasteiger partial charge in [0.15, 0.2) is 9.84 Å². The Morgan fingerprint density at radius 3 is 2.52 bits per heavy atom. The Labute approximate surface area is 164 Å². The van der Waals surface area contributed by atoms with Crippen molar-refractivity contribution in [3.05, 3.63) is 41.6 Å². The first kappa shape index (κ1) is 20.2. The topological polar surface area (TPSA) is 39.1 Å². The molecule has 1 aliphatic rings. The van der Waals surface area contributed by atoms with Gasteiger partial charge < -0.3 is 4.57 Å². The van der Waals surface area contributed by atoms with Crippen LogP contribution in [0.3, 0.4) is 0 Å². The van der Waals surface area contributed by atoms with E-state index in [0.717, 1.165) is 18.5 Å². The van der Waals surface area contributed by atoms with Gasteiger partial charge in [0.2, 0.25) is 0 Å². The molecule has 2 aromatic rings. The van der Waals surface area contributed by atoms with E-state index in [1.54, 1.807) is 13.8 Å². The van der Waals surface area contributed by atoms with Crippen LogP contribution in [0.25, 0.3) is 16.5 Å². The van der Waals surface area contributed by atoms with Gasteiger partial charge in [-0.2, -0.15) is 0 Å². The van der Waals surface area contributed by atoms with Crippen molar-refractivity contribution in [2.24, 2.45) is 5.92 Å². The molecule has 0 saturated carbocycles. The second-order valence-corrected chi connectivity index (χ2v) is 11.3. The van der Waals surface area contributed by atoms with Crippen molar-refractivity contribution in [1.29, 1.82) is 0 Å². The van der Waals surface area contributed by atoms with E-state index in [9.17, 15) is 8.42 Å². The lowest BCUT2D eigenvalue weighted by Gasteiger charge is -2.14. The quantitative estimate of drug-likeness (QED) is 0.618. The first-order chi connectivity index (χ1) is 12.8. The molecular weight excluding hydrogens is 354 g/mol. The fraction of sp³-hybridized carbons (Fsp3) is 0.565. The van der Waals surface area contributed by atoms with Crippen LogP contribution in [-0.2, 0) is 22.8 Å². The maximum Gasteiger partial charge on any atom is 0.152 e. The van der Waals surface area contributed by atoms with Crippen LogP contribution < -0.4 is 0 Å². The molecule has 148 valence electrons. The fourth-order valence-electron chi connectivity index (χ4n) is 3.90. The molecule has 0 amide bonds. The van der Waals surface area contributed by atoms with E-state index in [1.807, 2.05) is 0 Å². The van der Waals surface area contributed by atoms with E-state index in [1.165, 1.54) is 41.3 Å². The number of fused-ring (bicyclic) bond motifs is 1. The average Bonchev–Trinajstić information content (AvgIpc) is 2.97. The van der Waals surface area contributed by atoms with Gasteiger partial charge in [-0.1, -0.05) is 32.1 Å². The van der Waals surface area contributed by atoms with Crippen molar-refractivity contribution in [2.75, 3.05) is 5.75 Å². The van der Waals surface area contributed by atoms with Gasteiger partial charge in [0, 0.05) is 23.6 Å². The lowest BCUT2D eigenvalue weighted by atomic mass is 9.93. The molecule has 1 aliphatic carbocycles. The molecule has 3 nitrogen and oxygen atoms in total. The van der Waals surface area contributed by atoms with Crippen LogP contribution in [0.2, 0.25) is 0 Å². The zero-order valence-corrected chi connectivity index (χ0v) is 18.0. The van der Waals surface area contributed by atoms with E-state index in [-0.39, 0.29) is 11.0 Å². The van der Waals surface area contributed by atoms with Gasteiger partial charge in [-0.3, -0.25) is 0 Å². The average molecular weight is 388 g/mol. The second-order valence-electron chi connectivity index (χ2n) is 8.57. The Bertz CT molecular complexity index is 933. The Morgan fingerprint density at radius 1 is 1.11 bits per heavy atom. The van der Waals surface area contributed by atoms with Gasteiger partial charge in [-0.05, 0) is 74.6 Å². The molecule has 0 spiro atoms. The molecule has 0 radical (unpaired) electrons. The highest BCUT2D eigenvalue weighted by molar-refractivity contribution is 7.91. The monoisotopic (exact) mass is 387 g/mol. The number of hydrogen-bond donors (Lipinski definition) is 0. The molecule has 0 aliphatic heterocycles. The maximum atomic E-state index is 12.3. The molecular formula is C23H33NO2S. The van der Waals surface area contributed by atoms with E-state index in [2.05, 4.69) is 48.9 Å². The Hall–Kier alpha value is -1.55. The number of aryl methyl sites for hydroxylation is 1. The normalized spacial score (nSPS) is 15.7. The van der Waals surface area contributed by atoms with Crippen LogP contribution in [-0.4, -0.2) is 24.0 Å². The van der Waals surface area contributed by atoms with E-state index < -0.39 is 9.84 Å². The molecule has 0 N–H and O–H groups in total. The van der Waals surface area contributed by atoms with E-state index in [0.29, 0.717) is 12.3 Å². The van der Waals surface area contributed by atoms with Crippen LogP contribution in [0.5, 0.6) is 0 Å². The number of allylic oxidation sites excluding steroid dienone is 2. The second kappa shape index (κ2) is 8.22. The zero-order chi connectivity index (χ0) is 19.6. The predicted octanol–water partition coefficient (Wildman–Crippen LogP) is 5.62. The summed E-state index contributed by atoms with van der Waals surface area (Å²) in [6, 6.07) is 6.74. The smallest absolute Gasteiger partial charge is 0.152 e. The minimum Gasteiger partial charge on any atom is -0.347 e. The van der Waals surface area contributed by atoms with Crippen molar-refractivity contribution in [1.82, 2.24) is 4.57 Å². The summed E-state index contributed by atoms with van der Waals surface area (Å²) in [5, 5.41) is 0.890. The summed E-state index contributed by atoms with van der Waals surface area (Å²) >= 11 is 0. The molecule has 0 bridgehead atoms. The first-order valence-electron chi connectivity index (χ1n) is 10.3. The number of rotatable bonds is 7. The minimum absolute atomic E-state index is 0.221. The van der Waals surface area contributed by atoms with E-state index in [4.69, 9.17) is 0 Å². The standard InChI is InChI=1S/C23H33NO2S/c1-17(2)15-24-16-21(12-13-27(25,26)18(3)4)22-11-10-20(14-23(22)24)19-8-6-5-7-9-19/h8,10-11,14,16-18H,5-7,9,12-13,15H2,1-4H3. The fourth-order valence-corrected chi connectivity index (χ4v) is 4.88. The van der Waals surface area contributed by atoms with Gasteiger partial charge in [0.1, 0.15) is 0 Å².